The Morgan fingerprint density at radius 2 is 1.04 bits per heavy atom. The Labute approximate surface area is 313 Å². The van der Waals surface area contributed by atoms with E-state index in [0.29, 0.717) is 28.9 Å². The standard InChI is InChI=1S/C48H28N4OS/c1-3-14-29(15-4-1)31-19-13-20-33(26-31)45-50-46(38-27-32-18-7-8-21-34(32)35-22-9-10-23-36(35)38)52-47(51-45)43-42-37-24-11-12-25-40(37)54-41(42)28-39-44(43)53-48(49-39)30-16-5-2-6-17-30/h1-28H. The van der Waals surface area contributed by atoms with Crippen LogP contribution in [0.4, 0.5) is 0 Å². The first-order valence-electron chi connectivity index (χ1n) is 17.9. The van der Waals surface area contributed by atoms with Crippen LogP contribution in [0, 0.1) is 0 Å². The van der Waals surface area contributed by atoms with Crippen molar-refractivity contribution in [3.05, 3.63) is 170 Å². The molecule has 0 bridgehead atoms. The zero-order valence-electron chi connectivity index (χ0n) is 28.8. The van der Waals surface area contributed by atoms with Gasteiger partial charge in [0, 0.05) is 36.9 Å². The van der Waals surface area contributed by atoms with Gasteiger partial charge >= 0.3 is 0 Å². The average molecular weight is 709 g/mol. The van der Waals surface area contributed by atoms with E-state index in [1.165, 1.54) is 10.1 Å². The van der Waals surface area contributed by atoms with Crippen molar-refractivity contribution in [2.75, 3.05) is 0 Å². The number of oxazole rings is 1. The van der Waals surface area contributed by atoms with Gasteiger partial charge in [0.2, 0.25) is 5.89 Å². The monoisotopic (exact) mass is 708 g/mol. The molecule has 6 heteroatoms. The summed E-state index contributed by atoms with van der Waals surface area (Å²) in [5.41, 5.74) is 7.17. The highest BCUT2D eigenvalue weighted by atomic mass is 32.1. The van der Waals surface area contributed by atoms with E-state index in [4.69, 9.17) is 24.4 Å². The SMILES string of the molecule is c1ccc(-c2cccc(-c3nc(-c4cc5ccccc5c5ccccc45)nc(-c4c5oc(-c6ccccc6)nc5cc5sc6ccccc6c45)n3)c2)cc1. The first-order valence-corrected chi connectivity index (χ1v) is 18.7. The number of hydrogen-bond acceptors (Lipinski definition) is 6. The van der Waals surface area contributed by atoms with Gasteiger partial charge in [-0.3, -0.25) is 0 Å². The quantitative estimate of drug-likeness (QED) is 0.167. The van der Waals surface area contributed by atoms with E-state index < -0.39 is 0 Å². The predicted molar refractivity (Wildman–Crippen MR) is 222 cm³/mol. The van der Waals surface area contributed by atoms with Crippen molar-refractivity contribution < 1.29 is 4.42 Å². The number of thiophene rings is 1. The lowest BCUT2D eigenvalue weighted by molar-refractivity contribution is 0.621. The summed E-state index contributed by atoms with van der Waals surface area (Å²) < 4.78 is 9.03. The minimum absolute atomic E-state index is 0.535. The van der Waals surface area contributed by atoms with Gasteiger partial charge in [0.25, 0.3) is 0 Å². The summed E-state index contributed by atoms with van der Waals surface area (Å²) in [7, 11) is 0. The van der Waals surface area contributed by atoms with Crippen LogP contribution in [-0.2, 0) is 0 Å². The van der Waals surface area contributed by atoms with Crippen molar-refractivity contribution in [1.82, 2.24) is 19.9 Å². The number of aromatic nitrogens is 4. The summed E-state index contributed by atoms with van der Waals surface area (Å²) in [5.74, 6) is 2.26. The Hall–Kier alpha value is -7.02. The molecule has 252 valence electrons. The summed E-state index contributed by atoms with van der Waals surface area (Å²) in [5, 5.41) is 6.70. The molecule has 11 rings (SSSR count). The average Bonchev–Trinajstić information content (AvgIpc) is 3.84. The molecule has 11 aromatic rings. The number of benzene rings is 8. The highest BCUT2D eigenvalue weighted by Gasteiger charge is 2.24. The second-order valence-corrected chi connectivity index (χ2v) is 14.5. The molecular weight excluding hydrogens is 681 g/mol. The summed E-state index contributed by atoms with van der Waals surface area (Å²) in [6, 6.07) is 58.7. The van der Waals surface area contributed by atoms with Crippen molar-refractivity contribution in [3.8, 4) is 56.7 Å². The van der Waals surface area contributed by atoms with Gasteiger partial charge in [0.15, 0.2) is 23.1 Å². The van der Waals surface area contributed by atoms with Crippen molar-refractivity contribution in [2.24, 2.45) is 0 Å². The molecule has 0 spiro atoms. The van der Waals surface area contributed by atoms with Crippen molar-refractivity contribution in [3.63, 3.8) is 0 Å². The van der Waals surface area contributed by atoms with Crippen molar-refractivity contribution in [1.29, 1.82) is 0 Å². The predicted octanol–water partition coefficient (Wildman–Crippen LogP) is 13.0. The molecule has 5 nitrogen and oxygen atoms in total. The normalized spacial score (nSPS) is 11.7. The maximum absolute atomic E-state index is 6.76. The largest absolute Gasteiger partial charge is 0.435 e. The maximum atomic E-state index is 6.76. The third-order valence-electron chi connectivity index (χ3n) is 10.1. The van der Waals surface area contributed by atoms with Crippen LogP contribution in [0.1, 0.15) is 0 Å². The molecule has 3 aromatic heterocycles. The van der Waals surface area contributed by atoms with E-state index in [1.807, 2.05) is 36.4 Å². The molecule has 0 unspecified atom stereocenters. The van der Waals surface area contributed by atoms with Gasteiger partial charge < -0.3 is 4.42 Å². The van der Waals surface area contributed by atoms with E-state index >= 15 is 0 Å². The van der Waals surface area contributed by atoms with Crippen molar-refractivity contribution in [2.45, 2.75) is 0 Å². The minimum Gasteiger partial charge on any atom is -0.435 e. The fourth-order valence-corrected chi connectivity index (χ4v) is 8.78. The molecule has 0 aliphatic rings. The van der Waals surface area contributed by atoms with Gasteiger partial charge in [-0.1, -0.05) is 133 Å². The molecule has 0 aliphatic carbocycles. The highest BCUT2D eigenvalue weighted by molar-refractivity contribution is 7.26. The van der Waals surface area contributed by atoms with Crippen LogP contribution in [0.3, 0.4) is 0 Å². The summed E-state index contributed by atoms with van der Waals surface area (Å²) in [6.45, 7) is 0. The molecule has 0 amide bonds. The molecule has 0 N–H and O–H groups in total. The summed E-state index contributed by atoms with van der Waals surface area (Å²) >= 11 is 1.74. The third-order valence-corrected chi connectivity index (χ3v) is 11.3. The molecule has 0 saturated carbocycles. The number of nitrogens with zero attached hydrogens (tertiary/aromatic N) is 4. The van der Waals surface area contributed by atoms with E-state index in [-0.39, 0.29) is 0 Å². The summed E-state index contributed by atoms with van der Waals surface area (Å²) in [6.07, 6.45) is 0. The Bertz CT molecular complexity index is 3220. The second-order valence-electron chi connectivity index (χ2n) is 13.4. The molecule has 0 radical (unpaired) electrons. The fraction of sp³-hybridized carbons (Fsp3) is 0. The molecule has 8 aromatic carbocycles. The Morgan fingerprint density at radius 1 is 0.407 bits per heavy atom. The topological polar surface area (TPSA) is 64.7 Å². The van der Waals surface area contributed by atoms with E-state index in [1.54, 1.807) is 11.3 Å². The first kappa shape index (κ1) is 30.6. The van der Waals surface area contributed by atoms with Gasteiger partial charge in [0.1, 0.15) is 5.52 Å². The third kappa shape index (κ3) is 4.99. The Morgan fingerprint density at radius 3 is 1.87 bits per heavy atom. The molecule has 0 atom stereocenters. The van der Waals surface area contributed by atoms with E-state index in [2.05, 4.69) is 133 Å². The fourth-order valence-electron chi connectivity index (χ4n) is 7.63. The Balaban J connectivity index is 1.25. The number of hydrogen-bond donors (Lipinski definition) is 0. The van der Waals surface area contributed by atoms with Gasteiger partial charge in [-0.25, -0.2) is 19.9 Å². The van der Waals surface area contributed by atoms with E-state index in [9.17, 15) is 0 Å². The highest BCUT2D eigenvalue weighted by Crippen LogP contribution is 2.45. The van der Waals surface area contributed by atoms with Crippen LogP contribution < -0.4 is 0 Å². The minimum atomic E-state index is 0.535. The Kier molecular flexibility index (Phi) is 6.97. The van der Waals surface area contributed by atoms with Crippen LogP contribution in [0.25, 0.3) is 110 Å². The second kappa shape index (κ2) is 12.3. The van der Waals surface area contributed by atoms with Gasteiger partial charge in [-0.15, -0.1) is 11.3 Å². The molecule has 3 heterocycles. The smallest absolute Gasteiger partial charge is 0.227 e. The molecule has 0 aliphatic heterocycles. The maximum Gasteiger partial charge on any atom is 0.227 e. The molecule has 0 saturated heterocycles. The van der Waals surface area contributed by atoms with Gasteiger partial charge in [-0.2, -0.15) is 0 Å². The van der Waals surface area contributed by atoms with Gasteiger partial charge in [0.05, 0.1) is 5.56 Å². The van der Waals surface area contributed by atoms with Crippen LogP contribution >= 0.6 is 11.3 Å². The van der Waals surface area contributed by atoms with Crippen LogP contribution in [0.5, 0.6) is 0 Å². The lowest BCUT2D eigenvalue weighted by Gasteiger charge is -2.13. The lowest BCUT2D eigenvalue weighted by Crippen LogP contribution is -2.01. The number of rotatable bonds is 5. The van der Waals surface area contributed by atoms with Crippen molar-refractivity contribution >= 4 is 64.2 Å². The molecular formula is C48H28N4OS. The van der Waals surface area contributed by atoms with Gasteiger partial charge in [-0.05, 0) is 69.1 Å². The van der Waals surface area contributed by atoms with E-state index in [0.717, 1.165) is 70.5 Å². The lowest BCUT2D eigenvalue weighted by atomic mass is 9.96. The zero-order valence-corrected chi connectivity index (χ0v) is 29.6. The number of fused-ring (bicyclic) bond motifs is 7. The first-order chi connectivity index (χ1) is 26.7. The zero-order chi connectivity index (χ0) is 35.6. The van der Waals surface area contributed by atoms with Crippen LogP contribution in [0.2, 0.25) is 0 Å². The molecule has 0 fully saturated rings. The molecule has 54 heavy (non-hydrogen) atoms. The van der Waals surface area contributed by atoms with Crippen LogP contribution in [0.15, 0.2) is 174 Å². The summed E-state index contributed by atoms with van der Waals surface area (Å²) in [4.78, 5) is 21.1. The van der Waals surface area contributed by atoms with Crippen LogP contribution in [-0.4, -0.2) is 19.9 Å².